The molecular weight excluding hydrogens is 198 g/mol. The molecule has 0 aromatic heterocycles. The van der Waals surface area contributed by atoms with E-state index in [1.54, 1.807) is 0 Å². The van der Waals surface area contributed by atoms with Crippen molar-refractivity contribution in [3.8, 4) is 0 Å². The van der Waals surface area contributed by atoms with Crippen molar-refractivity contribution in [3.63, 3.8) is 0 Å². The highest BCUT2D eigenvalue weighted by Gasteiger charge is 2.36. The molecule has 16 heavy (non-hydrogen) atoms. The van der Waals surface area contributed by atoms with Gasteiger partial charge >= 0.3 is 0 Å². The molecule has 6 unspecified atom stereocenters. The van der Waals surface area contributed by atoms with E-state index in [4.69, 9.17) is 10.5 Å². The first-order valence-corrected chi connectivity index (χ1v) is 6.96. The van der Waals surface area contributed by atoms with Crippen LogP contribution in [0, 0.1) is 23.7 Å². The summed E-state index contributed by atoms with van der Waals surface area (Å²) in [6, 6.07) is 0.368. The number of nitrogens with two attached hydrogens (primary N) is 1. The monoisotopic (exact) mass is 225 g/mol. The molecule has 0 radical (unpaired) electrons. The quantitative estimate of drug-likeness (QED) is 0.784. The van der Waals surface area contributed by atoms with Crippen LogP contribution < -0.4 is 5.73 Å². The lowest BCUT2D eigenvalue weighted by atomic mass is 9.70. The van der Waals surface area contributed by atoms with Crippen molar-refractivity contribution in [1.29, 1.82) is 0 Å². The van der Waals surface area contributed by atoms with Gasteiger partial charge in [0.2, 0.25) is 0 Å². The molecule has 1 aliphatic carbocycles. The standard InChI is InChI=1S/C14H27NO/c1-9-4-5-12(8-10(9)2)14(15)13-6-7-16-11(13)3/h9-14H,4-8,15H2,1-3H3. The lowest BCUT2D eigenvalue weighted by Crippen LogP contribution is -2.43. The van der Waals surface area contributed by atoms with Gasteiger partial charge in [0.1, 0.15) is 0 Å². The van der Waals surface area contributed by atoms with Crippen LogP contribution in [-0.2, 0) is 4.74 Å². The maximum absolute atomic E-state index is 6.47. The second-order valence-corrected chi connectivity index (χ2v) is 6.13. The molecule has 2 N–H and O–H groups in total. The minimum absolute atomic E-state index is 0.368. The van der Waals surface area contributed by atoms with Crippen molar-refractivity contribution in [2.24, 2.45) is 29.4 Å². The van der Waals surface area contributed by atoms with Gasteiger partial charge in [0.05, 0.1) is 6.10 Å². The van der Waals surface area contributed by atoms with Crippen molar-refractivity contribution >= 4 is 0 Å². The molecule has 2 aliphatic rings. The third kappa shape index (κ3) is 2.43. The summed E-state index contributed by atoms with van der Waals surface area (Å²) < 4.78 is 5.65. The van der Waals surface area contributed by atoms with Crippen LogP contribution in [0.1, 0.15) is 46.5 Å². The predicted molar refractivity (Wildman–Crippen MR) is 67.2 cm³/mol. The lowest BCUT2D eigenvalue weighted by Gasteiger charge is -2.38. The third-order valence-corrected chi connectivity index (χ3v) is 5.11. The molecule has 2 nitrogen and oxygen atoms in total. The average molecular weight is 225 g/mol. The topological polar surface area (TPSA) is 35.2 Å². The Balaban J connectivity index is 1.92. The summed E-state index contributed by atoms with van der Waals surface area (Å²) in [4.78, 5) is 0. The highest BCUT2D eigenvalue weighted by atomic mass is 16.5. The molecule has 0 amide bonds. The Labute approximate surface area is 99.9 Å². The normalized spacial score (nSPS) is 46.9. The number of ether oxygens (including phenoxy) is 1. The SMILES string of the molecule is CC1CCC(C(N)C2CCOC2C)CC1C. The van der Waals surface area contributed by atoms with Crippen LogP contribution in [0.5, 0.6) is 0 Å². The van der Waals surface area contributed by atoms with Crippen LogP contribution in [-0.4, -0.2) is 18.8 Å². The van der Waals surface area contributed by atoms with E-state index in [1.165, 1.54) is 25.7 Å². The number of hydrogen-bond donors (Lipinski definition) is 1. The van der Waals surface area contributed by atoms with Crippen LogP contribution in [0.4, 0.5) is 0 Å². The van der Waals surface area contributed by atoms with Crippen molar-refractivity contribution in [3.05, 3.63) is 0 Å². The average Bonchev–Trinajstić information content (AvgIpc) is 2.67. The molecule has 1 heterocycles. The van der Waals surface area contributed by atoms with Gasteiger partial charge in [-0.3, -0.25) is 0 Å². The van der Waals surface area contributed by atoms with E-state index in [1.807, 2.05) is 0 Å². The van der Waals surface area contributed by atoms with Crippen LogP contribution >= 0.6 is 0 Å². The fourth-order valence-electron chi connectivity index (χ4n) is 3.54. The van der Waals surface area contributed by atoms with Gasteiger partial charge in [-0.2, -0.15) is 0 Å². The Morgan fingerprint density at radius 2 is 1.81 bits per heavy atom. The Kier molecular flexibility index (Phi) is 3.91. The van der Waals surface area contributed by atoms with Gasteiger partial charge in [0, 0.05) is 18.6 Å². The molecular formula is C14H27NO. The van der Waals surface area contributed by atoms with Crippen LogP contribution in [0.3, 0.4) is 0 Å². The zero-order valence-corrected chi connectivity index (χ0v) is 11.0. The smallest absolute Gasteiger partial charge is 0.0590 e. The summed E-state index contributed by atoms with van der Waals surface area (Å²) >= 11 is 0. The predicted octanol–water partition coefficient (Wildman–Crippen LogP) is 2.81. The first-order chi connectivity index (χ1) is 7.59. The van der Waals surface area contributed by atoms with Gasteiger partial charge in [-0.15, -0.1) is 0 Å². The first kappa shape index (κ1) is 12.4. The highest BCUT2D eigenvalue weighted by Crippen LogP contribution is 2.38. The molecule has 0 bridgehead atoms. The third-order valence-electron chi connectivity index (χ3n) is 5.11. The fraction of sp³-hybridized carbons (Fsp3) is 1.00. The van der Waals surface area contributed by atoms with Crippen LogP contribution in [0.25, 0.3) is 0 Å². The maximum atomic E-state index is 6.47. The Bertz CT molecular complexity index is 231. The summed E-state index contributed by atoms with van der Waals surface area (Å²) in [5, 5.41) is 0. The second-order valence-electron chi connectivity index (χ2n) is 6.13. The summed E-state index contributed by atoms with van der Waals surface area (Å²) in [5.41, 5.74) is 6.47. The molecule has 94 valence electrons. The van der Waals surface area contributed by atoms with Crippen molar-refractivity contribution in [1.82, 2.24) is 0 Å². The molecule has 1 aliphatic heterocycles. The van der Waals surface area contributed by atoms with Crippen molar-refractivity contribution < 1.29 is 4.74 Å². The Hall–Kier alpha value is -0.0800. The van der Waals surface area contributed by atoms with Crippen molar-refractivity contribution in [2.75, 3.05) is 6.61 Å². The maximum Gasteiger partial charge on any atom is 0.0590 e. The van der Waals surface area contributed by atoms with E-state index >= 15 is 0 Å². The molecule has 1 saturated carbocycles. The molecule has 2 fully saturated rings. The van der Waals surface area contributed by atoms with Gasteiger partial charge in [0.25, 0.3) is 0 Å². The van der Waals surface area contributed by atoms with Crippen LogP contribution in [0.15, 0.2) is 0 Å². The van der Waals surface area contributed by atoms with Gasteiger partial charge < -0.3 is 10.5 Å². The lowest BCUT2D eigenvalue weighted by molar-refractivity contribution is 0.0815. The van der Waals surface area contributed by atoms with E-state index in [0.29, 0.717) is 18.1 Å². The Morgan fingerprint density at radius 3 is 2.38 bits per heavy atom. The largest absolute Gasteiger partial charge is 0.378 e. The van der Waals surface area contributed by atoms with Crippen molar-refractivity contribution in [2.45, 2.75) is 58.6 Å². The molecule has 0 aromatic rings. The van der Waals surface area contributed by atoms with Gasteiger partial charge in [-0.25, -0.2) is 0 Å². The zero-order valence-electron chi connectivity index (χ0n) is 11.0. The fourth-order valence-corrected chi connectivity index (χ4v) is 3.54. The minimum atomic E-state index is 0.368. The summed E-state index contributed by atoms with van der Waals surface area (Å²) in [5.74, 6) is 3.08. The van der Waals surface area contributed by atoms with E-state index < -0.39 is 0 Å². The van der Waals surface area contributed by atoms with Gasteiger partial charge in [-0.1, -0.05) is 20.3 Å². The summed E-state index contributed by atoms with van der Waals surface area (Å²) in [7, 11) is 0. The first-order valence-electron chi connectivity index (χ1n) is 6.96. The molecule has 0 aromatic carbocycles. The summed E-state index contributed by atoms with van der Waals surface area (Å²) in [6.45, 7) is 7.87. The van der Waals surface area contributed by atoms with E-state index in [0.717, 1.165) is 24.4 Å². The number of hydrogen-bond acceptors (Lipinski definition) is 2. The van der Waals surface area contributed by atoms with Gasteiger partial charge in [-0.05, 0) is 43.9 Å². The molecule has 0 spiro atoms. The molecule has 2 rings (SSSR count). The minimum Gasteiger partial charge on any atom is -0.378 e. The number of rotatable bonds is 2. The van der Waals surface area contributed by atoms with Crippen LogP contribution in [0.2, 0.25) is 0 Å². The van der Waals surface area contributed by atoms with E-state index in [2.05, 4.69) is 20.8 Å². The molecule has 1 saturated heterocycles. The summed E-state index contributed by atoms with van der Waals surface area (Å²) in [6.07, 6.45) is 5.57. The van der Waals surface area contributed by atoms with Gasteiger partial charge in [0.15, 0.2) is 0 Å². The zero-order chi connectivity index (χ0) is 11.7. The molecule has 6 atom stereocenters. The van der Waals surface area contributed by atoms with E-state index in [9.17, 15) is 0 Å². The van der Waals surface area contributed by atoms with E-state index in [-0.39, 0.29) is 0 Å². The second kappa shape index (κ2) is 5.05. The molecule has 2 heteroatoms. The Morgan fingerprint density at radius 1 is 1.06 bits per heavy atom. The highest BCUT2D eigenvalue weighted by molar-refractivity contribution is 4.89.